The van der Waals surface area contributed by atoms with Crippen molar-refractivity contribution in [3.05, 3.63) is 95.1 Å². The average Bonchev–Trinajstić information content (AvgIpc) is 2.77. The number of ether oxygens (including phenoxy) is 2. The van der Waals surface area contributed by atoms with Gasteiger partial charge >= 0.3 is 0 Å². The summed E-state index contributed by atoms with van der Waals surface area (Å²) >= 11 is 0. The Balaban J connectivity index is 1.73. The molecule has 29 heavy (non-hydrogen) atoms. The lowest BCUT2D eigenvalue weighted by molar-refractivity contribution is -0.121. The van der Waals surface area contributed by atoms with Crippen LogP contribution in [-0.2, 0) is 11.2 Å². The van der Waals surface area contributed by atoms with Crippen molar-refractivity contribution in [2.24, 2.45) is 0 Å². The molecule has 0 aromatic heterocycles. The fourth-order valence-electron chi connectivity index (χ4n) is 3.42. The minimum atomic E-state index is -0.171. The zero-order valence-corrected chi connectivity index (χ0v) is 17.1. The van der Waals surface area contributed by atoms with Crippen molar-refractivity contribution in [1.29, 1.82) is 0 Å². The number of methoxy groups -OCH3 is 2. The first-order chi connectivity index (χ1) is 14.1. The van der Waals surface area contributed by atoms with E-state index in [0.717, 1.165) is 22.3 Å². The van der Waals surface area contributed by atoms with Gasteiger partial charge in [-0.25, -0.2) is 0 Å². The molecule has 0 radical (unpaired) electrons. The fraction of sp³-hybridized carbons (Fsp3) is 0.240. The van der Waals surface area contributed by atoms with Crippen LogP contribution in [-0.4, -0.2) is 20.1 Å². The number of carbonyl (C=O) groups excluding carboxylic acids is 1. The second-order valence-corrected chi connectivity index (χ2v) is 6.96. The third-order valence-corrected chi connectivity index (χ3v) is 5.03. The molecule has 0 fully saturated rings. The lowest BCUT2D eigenvalue weighted by Gasteiger charge is -2.22. The number of benzene rings is 3. The molecular formula is C25H27NO3. The van der Waals surface area contributed by atoms with Crippen molar-refractivity contribution in [3.8, 4) is 11.5 Å². The topological polar surface area (TPSA) is 47.6 Å². The molecule has 0 saturated heterocycles. The summed E-state index contributed by atoms with van der Waals surface area (Å²) in [5, 5.41) is 3.22. The number of hydrogen-bond donors (Lipinski definition) is 1. The minimum absolute atomic E-state index is 0.0110. The van der Waals surface area contributed by atoms with Crippen LogP contribution in [0.5, 0.6) is 11.5 Å². The third-order valence-electron chi connectivity index (χ3n) is 5.03. The maximum atomic E-state index is 12.8. The first-order valence-corrected chi connectivity index (χ1v) is 9.73. The Labute approximate surface area is 172 Å². The number of amides is 1. The van der Waals surface area contributed by atoms with Gasteiger partial charge in [0.25, 0.3) is 0 Å². The molecule has 1 atom stereocenters. The molecule has 150 valence electrons. The highest BCUT2D eigenvalue weighted by Crippen LogP contribution is 2.28. The second-order valence-electron chi connectivity index (χ2n) is 6.96. The van der Waals surface area contributed by atoms with Crippen LogP contribution in [0, 0.1) is 6.92 Å². The van der Waals surface area contributed by atoms with Crippen LogP contribution in [0.15, 0.2) is 72.8 Å². The van der Waals surface area contributed by atoms with Gasteiger partial charge in [-0.1, -0.05) is 60.7 Å². The normalized spacial score (nSPS) is 11.6. The van der Waals surface area contributed by atoms with Crippen molar-refractivity contribution in [2.75, 3.05) is 14.2 Å². The number of aryl methyl sites for hydroxylation is 2. The second kappa shape index (κ2) is 9.78. The number of nitrogens with one attached hydrogen (secondary N) is 1. The maximum absolute atomic E-state index is 12.8. The summed E-state index contributed by atoms with van der Waals surface area (Å²) < 4.78 is 10.6. The van der Waals surface area contributed by atoms with E-state index in [-0.39, 0.29) is 11.9 Å². The SMILES string of the molecule is COc1ccc(CCC(=O)N[C@H](c2ccccc2)c2ccccc2C)cc1OC. The van der Waals surface area contributed by atoms with Crippen molar-refractivity contribution >= 4 is 5.91 Å². The van der Waals surface area contributed by atoms with Gasteiger partial charge in [0.05, 0.1) is 20.3 Å². The quantitative estimate of drug-likeness (QED) is 0.599. The van der Waals surface area contributed by atoms with E-state index in [4.69, 9.17) is 9.47 Å². The highest BCUT2D eigenvalue weighted by atomic mass is 16.5. The third kappa shape index (κ3) is 5.17. The Kier molecular flexibility index (Phi) is 6.90. The summed E-state index contributed by atoms with van der Waals surface area (Å²) in [6.45, 7) is 2.07. The maximum Gasteiger partial charge on any atom is 0.221 e. The van der Waals surface area contributed by atoms with E-state index >= 15 is 0 Å². The van der Waals surface area contributed by atoms with Gasteiger partial charge in [-0.05, 0) is 47.7 Å². The van der Waals surface area contributed by atoms with E-state index in [1.807, 2.05) is 60.7 Å². The van der Waals surface area contributed by atoms with Gasteiger partial charge in [0.2, 0.25) is 5.91 Å². The van der Waals surface area contributed by atoms with Crippen molar-refractivity contribution in [2.45, 2.75) is 25.8 Å². The molecule has 1 N–H and O–H groups in total. The molecule has 0 spiro atoms. The van der Waals surface area contributed by atoms with Crippen LogP contribution >= 0.6 is 0 Å². The zero-order chi connectivity index (χ0) is 20.6. The molecular weight excluding hydrogens is 362 g/mol. The Bertz CT molecular complexity index is 953. The molecule has 0 aliphatic heterocycles. The van der Waals surface area contributed by atoms with Crippen molar-refractivity contribution in [3.63, 3.8) is 0 Å². The molecule has 0 unspecified atom stereocenters. The molecule has 3 rings (SSSR count). The van der Waals surface area contributed by atoms with E-state index < -0.39 is 0 Å². The Morgan fingerprint density at radius 3 is 2.28 bits per heavy atom. The summed E-state index contributed by atoms with van der Waals surface area (Å²) in [4.78, 5) is 12.8. The summed E-state index contributed by atoms with van der Waals surface area (Å²) in [6, 6.07) is 23.8. The predicted molar refractivity (Wildman–Crippen MR) is 115 cm³/mol. The van der Waals surface area contributed by atoms with E-state index in [2.05, 4.69) is 24.4 Å². The highest BCUT2D eigenvalue weighted by molar-refractivity contribution is 5.77. The molecule has 0 aliphatic rings. The summed E-state index contributed by atoms with van der Waals surface area (Å²) in [7, 11) is 3.22. The zero-order valence-electron chi connectivity index (χ0n) is 17.1. The highest BCUT2D eigenvalue weighted by Gasteiger charge is 2.18. The Hall–Kier alpha value is -3.27. The van der Waals surface area contributed by atoms with Crippen LogP contribution < -0.4 is 14.8 Å². The predicted octanol–water partition coefficient (Wildman–Crippen LogP) is 4.85. The molecule has 0 bridgehead atoms. The van der Waals surface area contributed by atoms with Gasteiger partial charge in [0.15, 0.2) is 11.5 Å². The van der Waals surface area contributed by atoms with Crippen LogP contribution in [0.2, 0.25) is 0 Å². The molecule has 1 amide bonds. The summed E-state index contributed by atoms with van der Waals surface area (Å²) in [5.74, 6) is 1.37. The van der Waals surface area contributed by atoms with Crippen LogP contribution in [0.4, 0.5) is 0 Å². The van der Waals surface area contributed by atoms with E-state index in [1.165, 1.54) is 0 Å². The molecule has 0 heterocycles. The van der Waals surface area contributed by atoms with Gasteiger partial charge in [0.1, 0.15) is 0 Å². The molecule has 4 nitrogen and oxygen atoms in total. The van der Waals surface area contributed by atoms with Crippen molar-refractivity contribution < 1.29 is 14.3 Å². The van der Waals surface area contributed by atoms with E-state index in [1.54, 1.807) is 14.2 Å². The Morgan fingerprint density at radius 1 is 0.897 bits per heavy atom. The van der Waals surface area contributed by atoms with E-state index in [9.17, 15) is 4.79 Å². The van der Waals surface area contributed by atoms with Crippen LogP contribution in [0.25, 0.3) is 0 Å². The molecule has 0 saturated carbocycles. The standard InChI is InChI=1S/C25H27NO3/c1-18-9-7-8-12-21(18)25(20-10-5-4-6-11-20)26-24(27)16-14-19-13-15-22(28-2)23(17-19)29-3/h4-13,15,17,25H,14,16H2,1-3H3,(H,26,27)/t25-/m1/s1. The molecule has 3 aromatic rings. The lowest BCUT2D eigenvalue weighted by Crippen LogP contribution is -2.30. The van der Waals surface area contributed by atoms with Crippen LogP contribution in [0.1, 0.15) is 34.7 Å². The monoisotopic (exact) mass is 389 g/mol. The molecule has 3 aromatic carbocycles. The Morgan fingerprint density at radius 2 is 1.59 bits per heavy atom. The fourth-order valence-corrected chi connectivity index (χ4v) is 3.42. The average molecular weight is 389 g/mol. The number of carbonyl (C=O) groups is 1. The lowest BCUT2D eigenvalue weighted by atomic mass is 9.94. The first kappa shape index (κ1) is 20.5. The number of hydrogen-bond acceptors (Lipinski definition) is 3. The van der Waals surface area contributed by atoms with Gasteiger partial charge in [-0.15, -0.1) is 0 Å². The minimum Gasteiger partial charge on any atom is -0.493 e. The van der Waals surface area contributed by atoms with Crippen LogP contribution in [0.3, 0.4) is 0 Å². The van der Waals surface area contributed by atoms with Gasteiger partial charge < -0.3 is 14.8 Å². The summed E-state index contributed by atoms with van der Waals surface area (Å²) in [6.07, 6.45) is 1.02. The van der Waals surface area contributed by atoms with Crippen molar-refractivity contribution in [1.82, 2.24) is 5.32 Å². The first-order valence-electron chi connectivity index (χ1n) is 9.73. The number of rotatable bonds is 8. The smallest absolute Gasteiger partial charge is 0.221 e. The van der Waals surface area contributed by atoms with E-state index in [0.29, 0.717) is 24.3 Å². The molecule has 0 aliphatic carbocycles. The summed E-state index contributed by atoms with van der Waals surface area (Å²) in [5.41, 5.74) is 4.37. The van der Waals surface area contributed by atoms with Gasteiger partial charge in [0, 0.05) is 6.42 Å². The van der Waals surface area contributed by atoms with Gasteiger partial charge in [-0.2, -0.15) is 0 Å². The largest absolute Gasteiger partial charge is 0.493 e. The molecule has 4 heteroatoms. The van der Waals surface area contributed by atoms with Gasteiger partial charge in [-0.3, -0.25) is 4.79 Å².